The molecule has 0 aliphatic rings. The van der Waals surface area contributed by atoms with Gasteiger partial charge in [-0.3, -0.25) is 0 Å². The van der Waals surface area contributed by atoms with Crippen LogP contribution in [0.4, 0.5) is 4.39 Å². The van der Waals surface area contributed by atoms with Gasteiger partial charge in [-0.15, -0.1) is 0 Å². The average Bonchev–Trinajstić information content (AvgIpc) is 2.36. The number of nitrogens with one attached hydrogen (secondary N) is 1. The lowest BCUT2D eigenvalue weighted by Gasteiger charge is -2.23. The summed E-state index contributed by atoms with van der Waals surface area (Å²) in [5, 5.41) is 12.7. The molecule has 1 aromatic carbocycles. The summed E-state index contributed by atoms with van der Waals surface area (Å²) in [6, 6.07) is 5.49. The Morgan fingerprint density at radius 2 is 1.90 bits per heavy atom. The third-order valence-electron chi connectivity index (χ3n) is 3.19. The second-order valence-corrected chi connectivity index (χ2v) is 8.23. The molecule has 0 saturated carbocycles. The first-order chi connectivity index (χ1) is 9.62. The van der Waals surface area contributed by atoms with Gasteiger partial charge < -0.3 is 15.2 Å². The topological polar surface area (TPSA) is 75.6 Å². The summed E-state index contributed by atoms with van der Waals surface area (Å²) in [5.41, 5.74) is 0. The SMILES string of the molecule is CC(C)(CNCC(O)COc1ccc(F)cc1)S(C)(=O)=O. The number of hydrogen-bond donors (Lipinski definition) is 2. The van der Waals surface area contributed by atoms with Crippen molar-refractivity contribution in [1.29, 1.82) is 0 Å². The first kappa shape index (κ1) is 17.9. The molecule has 0 amide bonds. The Bertz CT molecular complexity index is 543. The molecular formula is C14H22FNO4S. The van der Waals surface area contributed by atoms with Gasteiger partial charge in [0.05, 0.1) is 4.75 Å². The molecule has 7 heteroatoms. The average molecular weight is 319 g/mol. The van der Waals surface area contributed by atoms with Gasteiger partial charge in [0.15, 0.2) is 9.84 Å². The highest BCUT2D eigenvalue weighted by atomic mass is 32.2. The zero-order valence-corrected chi connectivity index (χ0v) is 13.3. The molecule has 0 spiro atoms. The van der Waals surface area contributed by atoms with Gasteiger partial charge in [0.1, 0.15) is 24.3 Å². The molecular weight excluding hydrogens is 297 g/mol. The van der Waals surface area contributed by atoms with E-state index in [0.717, 1.165) is 0 Å². The van der Waals surface area contributed by atoms with Crippen LogP contribution in [0.5, 0.6) is 5.75 Å². The van der Waals surface area contributed by atoms with Crippen LogP contribution in [-0.2, 0) is 9.84 Å². The molecule has 0 aliphatic heterocycles. The maximum atomic E-state index is 12.7. The van der Waals surface area contributed by atoms with Crippen LogP contribution >= 0.6 is 0 Å². The largest absolute Gasteiger partial charge is 0.491 e. The minimum atomic E-state index is -3.17. The molecule has 1 rings (SSSR count). The minimum absolute atomic E-state index is 0.0396. The second-order valence-electron chi connectivity index (χ2n) is 5.58. The van der Waals surface area contributed by atoms with E-state index in [-0.39, 0.29) is 25.5 Å². The van der Waals surface area contributed by atoms with Crippen LogP contribution in [0.1, 0.15) is 13.8 Å². The number of hydrogen-bond acceptors (Lipinski definition) is 5. The van der Waals surface area contributed by atoms with Gasteiger partial charge in [0.2, 0.25) is 0 Å². The summed E-state index contributed by atoms with van der Waals surface area (Å²) >= 11 is 0. The Morgan fingerprint density at radius 3 is 2.43 bits per heavy atom. The molecule has 120 valence electrons. The van der Waals surface area contributed by atoms with E-state index in [4.69, 9.17) is 4.74 Å². The Labute approximate surface area is 125 Å². The van der Waals surface area contributed by atoms with Crippen LogP contribution in [-0.4, -0.2) is 50.3 Å². The van der Waals surface area contributed by atoms with Gasteiger partial charge in [0.25, 0.3) is 0 Å². The molecule has 2 N–H and O–H groups in total. The Hall–Kier alpha value is -1.18. The summed E-state index contributed by atoms with van der Waals surface area (Å²) in [6.45, 7) is 3.73. The fourth-order valence-electron chi connectivity index (χ4n) is 1.45. The minimum Gasteiger partial charge on any atom is -0.491 e. The Balaban J connectivity index is 2.32. The normalized spacial score (nSPS) is 14.0. The molecule has 1 atom stereocenters. The fourth-order valence-corrected chi connectivity index (χ4v) is 1.82. The summed E-state index contributed by atoms with van der Waals surface area (Å²) in [4.78, 5) is 0. The van der Waals surface area contributed by atoms with Crippen LogP contribution in [0.25, 0.3) is 0 Å². The van der Waals surface area contributed by atoms with Gasteiger partial charge in [-0.1, -0.05) is 0 Å². The smallest absolute Gasteiger partial charge is 0.153 e. The summed E-state index contributed by atoms with van der Waals surface area (Å²) in [5.74, 6) is 0.111. The zero-order chi connectivity index (χ0) is 16.1. The van der Waals surface area contributed by atoms with Crippen molar-refractivity contribution >= 4 is 9.84 Å². The monoisotopic (exact) mass is 319 g/mol. The molecule has 1 unspecified atom stereocenters. The van der Waals surface area contributed by atoms with E-state index >= 15 is 0 Å². The summed E-state index contributed by atoms with van der Waals surface area (Å²) in [7, 11) is -3.17. The second kappa shape index (κ2) is 7.20. The van der Waals surface area contributed by atoms with Crippen LogP contribution in [0.3, 0.4) is 0 Å². The van der Waals surface area contributed by atoms with Crippen molar-refractivity contribution in [2.75, 3.05) is 26.0 Å². The number of aliphatic hydroxyl groups excluding tert-OH is 1. The molecule has 0 fully saturated rings. The van der Waals surface area contributed by atoms with E-state index in [2.05, 4.69) is 5.32 Å². The first-order valence-electron chi connectivity index (χ1n) is 6.58. The van der Waals surface area contributed by atoms with Gasteiger partial charge in [-0.25, -0.2) is 12.8 Å². The molecule has 0 radical (unpaired) electrons. The lowest BCUT2D eigenvalue weighted by atomic mass is 10.2. The van der Waals surface area contributed by atoms with Crippen molar-refractivity contribution < 1.29 is 22.7 Å². The van der Waals surface area contributed by atoms with E-state index in [9.17, 15) is 17.9 Å². The van der Waals surface area contributed by atoms with E-state index in [0.29, 0.717) is 5.75 Å². The lowest BCUT2D eigenvalue weighted by molar-refractivity contribution is 0.106. The highest BCUT2D eigenvalue weighted by molar-refractivity contribution is 7.92. The number of benzene rings is 1. The predicted molar refractivity (Wildman–Crippen MR) is 79.7 cm³/mol. The van der Waals surface area contributed by atoms with Crippen molar-refractivity contribution in [1.82, 2.24) is 5.32 Å². The molecule has 0 saturated heterocycles. The lowest BCUT2D eigenvalue weighted by Crippen LogP contribution is -2.44. The van der Waals surface area contributed by atoms with Crippen molar-refractivity contribution in [2.24, 2.45) is 0 Å². The van der Waals surface area contributed by atoms with Crippen molar-refractivity contribution in [3.05, 3.63) is 30.1 Å². The molecule has 0 bridgehead atoms. The zero-order valence-electron chi connectivity index (χ0n) is 12.5. The highest BCUT2D eigenvalue weighted by Gasteiger charge is 2.29. The number of ether oxygens (including phenoxy) is 1. The third-order valence-corrected chi connectivity index (χ3v) is 5.34. The number of halogens is 1. The number of rotatable bonds is 8. The van der Waals surface area contributed by atoms with Crippen LogP contribution in [0.15, 0.2) is 24.3 Å². The maximum absolute atomic E-state index is 12.7. The van der Waals surface area contributed by atoms with E-state index < -0.39 is 20.7 Å². The molecule has 1 aromatic rings. The molecule has 5 nitrogen and oxygen atoms in total. The Morgan fingerprint density at radius 1 is 1.33 bits per heavy atom. The fraction of sp³-hybridized carbons (Fsp3) is 0.571. The van der Waals surface area contributed by atoms with Gasteiger partial charge in [-0.2, -0.15) is 0 Å². The van der Waals surface area contributed by atoms with Crippen LogP contribution in [0.2, 0.25) is 0 Å². The molecule has 0 aliphatic carbocycles. The first-order valence-corrected chi connectivity index (χ1v) is 8.48. The quantitative estimate of drug-likeness (QED) is 0.747. The summed E-state index contributed by atoms with van der Waals surface area (Å²) in [6.07, 6.45) is 0.397. The molecule has 0 heterocycles. The van der Waals surface area contributed by atoms with Gasteiger partial charge >= 0.3 is 0 Å². The predicted octanol–water partition coefficient (Wildman–Crippen LogP) is 0.978. The highest BCUT2D eigenvalue weighted by Crippen LogP contribution is 2.13. The molecule has 0 aromatic heterocycles. The van der Waals surface area contributed by atoms with Crippen molar-refractivity contribution in [3.8, 4) is 5.75 Å². The van der Waals surface area contributed by atoms with E-state index in [1.54, 1.807) is 13.8 Å². The Kier molecular flexibility index (Phi) is 6.12. The van der Waals surface area contributed by atoms with Crippen LogP contribution < -0.4 is 10.1 Å². The van der Waals surface area contributed by atoms with E-state index in [1.165, 1.54) is 30.5 Å². The van der Waals surface area contributed by atoms with E-state index in [1.807, 2.05) is 0 Å². The number of aliphatic hydroxyl groups is 1. The summed E-state index contributed by atoms with van der Waals surface area (Å²) < 4.78 is 40.1. The number of sulfone groups is 1. The van der Waals surface area contributed by atoms with Crippen LogP contribution in [0, 0.1) is 5.82 Å². The third kappa shape index (κ3) is 5.99. The van der Waals surface area contributed by atoms with Crippen molar-refractivity contribution in [3.63, 3.8) is 0 Å². The molecule has 21 heavy (non-hydrogen) atoms. The standard InChI is InChI=1S/C14H22FNO4S/c1-14(2,21(3,18)19)10-16-8-12(17)9-20-13-6-4-11(15)5-7-13/h4-7,12,16-17H,8-10H2,1-3H3. The van der Waals surface area contributed by atoms with Gasteiger partial charge in [0, 0.05) is 19.3 Å². The maximum Gasteiger partial charge on any atom is 0.153 e. The van der Waals surface area contributed by atoms with Gasteiger partial charge in [-0.05, 0) is 38.1 Å². The van der Waals surface area contributed by atoms with Crippen molar-refractivity contribution in [2.45, 2.75) is 24.7 Å².